The van der Waals surface area contributed by atoms with Gasteiger partial charge in [0.15, 0.2) is 6.29 Å². The Morgan fingerprint density at radius 3 is 1.84 bits per heavy atom. The summed E-state index contributed by atoms with van der Waals surface area (Å²) in [6.07, 6.45) is 7.99. The summed E-state index contributed by atoms with van der Waals surface area (Å²) >= 11 is 0. The second kappa shape index (κ2) is 4.17. The molecule has 108 valence electrons. The van der Waals surface area contributed by atoms with Gasteiger partial charge in [0.2, 0.25) is 0 Å². The minimum atomic E-state index is -0.973. The third-order valence-corrected chi connectivity index (χ3v) is 5.97. The number of aliphatic hydroxyl groups is 1. The van der Waals surface area contributed by atoms with Crippen molar-refractivity contribution in [1.82, 2.24) is 0 Å². The average Bonchev–Trinajstić information content (AvgIpc) is 2.38. The van der Waals surface area contributed by atoms with Gasteiger partial charge in [-0.1, -0.05) is 0 Å². The monoisotopic (exact) mass is 267 g/mol. The van der Waals surface area contributed by atoms with Crippen molar-refractivity contribution < 1.29 is 14.6 Å². The fourth-order valence-corrected chi connectivity index (χ4v) is 5.49. The smallest absolute Gasteiger partial charge is 0.163 e. The van der Waals surface area contributed by atoms with Crippen molar-refractivity contribution in [3.8, 4) is 0 Å². The Morgan fingerprint density at radius 2 is 1.42 bits per heavy atom. The van der Waals surface area contributed by atoms with Crippen LogP contribution in [0, 0.1) is 23.2 Å². The predicted octanol–water partition coefficient (Wildman–Crippen LogP) is 1.27. The Kier molecular flexibility index (Phi) is 2.76. The molecule has 4 bridgehead atoms. The topological polar surface area (TPSA) is 64.7 Å². The van der Waals surface area contributed by atoms with Gasteiger partial charge < -0.3 is 20.3 Å². The number of hydrogen-bond donors (Lipinski definition) is 2. The molecule has 4 nitrogen and oxygen atoms in total. The lowest BCUT2D eigenvalue weighted by Crippen LogP contribution is -2.59. The maximum Gasteiger partial charge on any atom is 0.163 e. The normalized spacial score (nSPS) is 56.5. The van der Waals surface area contributed by atoms with E-state index in [9.17, 15) is 5.11 Å². The van der Waals surface area contributed by atoms with E-state index in [1.54, 1.807) is 0 Å². The van der Waals surface area contributed by atoms with Crippen LogP contribution in [0.5, 0.6) is 0 Å². The van der Waals surface area contributed by atoms with Crippen molar-refractivity contribution in [3.05, 3.63) is 0 Å². The summed E-state index contributed by atoms with van der Waals surface area (Å²) in [5, 5.41) is 10.1. The molecule has 5 aliphatic rings. The zero-order valence-electron chi connectivity index (χ0n) is 11.5. The van der Waals surface area contributed by atoms with Crippen LogP contribution in [0.4, 0.5) is 0 Å². The Labute approximate surface area is 114 Å². The lowest BCUT2D eigenvalue weighted by molar-refractivity contribution is -0.310. The van der Waals surface area contributed by atoms with Crippen LogP contribution in [0.15, 0.2) is 0 Å². The van der Waals surface area contributed by atoms with E-state index in [0.29, 0.717) is 13.2 Å². The fraction of sp³-hybridized carbons (Fsp3) is 1.00. The molecule has 0 spiro atoms. The van der Waals surface area contributed by atoms with Crippen molar-refractivity contribution in [3.63, 3.8) is 0 Å². The van der Waals surface area contributed by atoms with E-state index in [-0.39, 0.29) is 18.2 Å². The molecule has 0 aromatic heterocycles. The molecule has 1 heterocycles. The Hall–Kier alpha value is -0.160. The van der Waals surface area contributed by atoms with Crippen molar-refractivity contribution in [1.29, 1.82) is 0 Å². The quantitative estimate of drug-likeness (QED) is 0.790. The first-order valence-corrected chi connectivity index (χ1v) is 7.76. The Bertz CT molecular complexity index is 327. The van der Waals surface area contributed by atoms with Crippen LogP contribution in [0.25, 0.3) is 0 Å². The van der Waals surface area contributed by atoms with E-state index in [0.717, 1.165) is 17.8 Å². The molecule has 5 rings (SSSR count). The number of rotatable bonds is 2. The SMILES string of the molecule is NCC1(O)COC(C23CC4CC(CC(C4)C2)C3)OC1. The van der Waals surface area contributed by atoms with Crippen molar-refractivity contribution in [2.45, 2.75) is 50.4 Å². The standard InChI is InChI=1S/C15H25NO3/c16-7-15(17)8-18-13(19-9-15)14-4-10-1-11(5-14)3-12(2-10)6-14/h10-13,17H,1-9,16H2. The van der Waals surface area contributed by atoms with Gasteiger partial charge in [-0.2, -0.15) is 0 Å². The number of hydrogen-bond acceptors (Lipinski definition) is 4. The molecular formula is C15H25NO3. The second-order valence-electron chi connectivity index (χ2n) is 7.66. The van der Waals surface area contributed by atoms with Gasteiger partial charge in [0, 0.05) is 12.0 Å². The summed E-state index contributed by atoms with van der Waals surface area (Å²) in [5.41, 5.74) is 4.85. The first kappa shape index (κ1) is 12.6. The zero-order chi connectivity index (χ0) is 13.1. The molecule has 19 heavy (non-hydrogen) atoms. The molecule has 0 radical (unpaired) electrons. The van der Waals surface area contributed by atoms with E-state index in [1.807, 2.05) is 0 Å². The lowest BCUT2D eigenvalue weighted by atomic mass is 9.49. The molecule has 1 saturated heterocycles. The minimum Gasteiger partial charge on any atom is -0.384 e. The summed E-state index contributed by atoms with van der Waals surface area (Å²) in [4.78, 5) is 0. The highest BCUT2D eigenvalue weighted by atomic mass is 16.7. The molecular weight excluding hydrogens is 242 g/mol. The first-order valence-electron chi connectivity index (χ1n) is 7.76. The van der Waals surface area contributed by atoms with Gasteiger partial charge >= 0.3 is 0 Å². The minimum absolute atomic E-state index is 0.104. The summed E-state index contributed by atoms with van der Waals surface area (Å²) in [6, 6.07) is 0. The van der Waals surface area contributed by atoms with Crippen LogP contribution in [-0.4, -0.2) is 36.8 Å². The fourth-order valence-electron chi connectivity index (χ4n) is 5.49. The van der Waals surface area contributed by atoms with Gasteiger partial charge in [0.25, 0.3) is 0 Å². The molecule has 4 aliphatic carbocycles. The summed E-state index contributed by atoms with van der Waals surface area (Å²) < 4.78 is 11.8. The Balaban J connectivity index is 1.51. The Morgan fingerprint density at radius 1 is 0.947 bits per heavy atom. The molecule has 3 N–H and O–H groups in total. The van der Waals surface area contributed by atoms with Gasteiger partial charge in [-0.25, -0.2) is 0 Å². The van der Waals surface area contributed by atoms with E-state index in [2.05, 4.69) is 0 Å². The largest absolute Gasteiger partial charge is 0.384 e. The van der Waals surface area contributed by atoms with Crippen LogP contribution in [0.2, 0.25) is 0 Å². The van der Waals surface area contributed by atoms with Gasteiger partial charge in [-0.15, -0.1) is 0 Å². The number of nitrogens with two attached hydrogens (primary N) is 1. The highest BCUT2D eigenvalue weighted by molar-refractivity contribution is 5.03. The highest BCUT2D eigenvalue weighted by Crippen LogP contribution is 2.62. The van der Waals surface area contributed by atoms with Crippen LogP contribution < -0.4 is 5.73 Å². The summed E-state index contributed by atoms with van der Waals surface area (Å²) in [6.45, 7) is 0.867. The van der Waals surface area contributed by atoms with Crippen molar-refractivity contribution >= 4 is 0 Å². The maximum atomic E-state index is 10.1. The molecule has 4 saturated carbocycles. The molecule has 1 aliphatic heterocycles. The molecule has 0 atom stereocenters. The summed E-state index contributed by atoms with van der Waals surface area (Å²) in [5.74, 6) is 2.69. The van der Waals surface area contributed by atoms with E-state index in [4.69, 9.17) is 15.2 Å². The van der Waals surface area contributed by atoms with Gasteiger partial charge in [0.1, 0.15) is 5.60 Å². The highest BCUT2D eigenvalue weighted by Gasteiger charge is 2.56. The van der Waals surface area contributed by atoms with Gasteiger partial charge in [0.05, 0.1) is 13.2 Å². The van der Waals surface area contributed by atoms with E-state index in [1.165, 1.54) is 38.5 Å². The average molecular weight is 267 g/mol. The molecule has 0 unspecified atom stereocenters. The maximum absolute atomic E-state index is 10.1. The van der Waals surface area contributed by atoms with Crippen LogP contribution in [0.1, 0.15) is 38.5 Å². The van der Waals surface area contributed by atoms with Crippen LogP contribution in [-0.2, 0) is 9.47 Å². The second-order valence-corrected chi connectivity index (χ2v) is 7.66. The summed E-state index contributed by atoms with van der Waals surface area (Å²) in [7, 11) is 0. The lowest BCUT2D eigenvalue weighted by Gasteiger charge is -2.59. The predicted molar refractivity (Wildman–Crippen MR) is 70.3 cm³/mol. The molecule has 0 amide bonds. The van der Waals surface area contributed by atoms with Crippen molar-refractivity contribution in [2.24, 2.45) is 28.9 Å². The first-order chi connectivity index (χ1) is 9.11. The van der Waals surface area contributed by atoms with E-state index >= 15 is 0 Å². The third-order valence-electron chi connectivity index (χ3n) is 5.97. The molecule has 5 fully saturated rings. The van der Waals surface area contributed by atoms with Gasteiger partial charge in [-0.05, 0) is 56.3 Å². The number of ether oxygens (including phenoxy) is 2. The molecule has 0 aromatic carbocycles. The van der Waals surface area contributed by atoms with E-state index < -0.39 is 5.60 Å². The van der Waals surface area contributed by atoms with Crippen LogP contribution >= 0.6 is 0 Å². The van der Waals surface area contributed by atoms with Gasteiger partial charge in [-0.3, -0.25) is 0 Å². The zero-order valence-corrected chi connectivity index (χ0v) is 11.5. The molecule has 4 heteroatoms. The molecule has 0 aromatic rings. The van der Waals surface area contributed by atoms with Crippen LogP contribution in [0.3, 0.4) is 0 Å². The van der Waals surface area contributed by atoms with Crippen molar-refractivity contribution in [2.75, 3.05) is 19.8 Å². The third kappa shape index (κ3) is 1.96.